The molecule has 1 N–H and O–H groups in total. The highest BCUT2D eigenvalue weighted by atomic mass is 16.1. The summed E-state index contributed by atoms with van der Waals surface area (Å²) in [7, 11) is 0. The molecule has 3 aromatic rings. The number of nitrogens with zero attached hydrogens (tertiary/aromatic N) is 3. The third kappa shape index (κ3) is 3.29. The molecule has 0 atom stereocenters. The third-order valence-corrected chi connectivity index (χ3v) is 3.55. The van der Waals surface area contributed by atoms with Gasteiger partial charge in [0.2, 0.25) is 0 Å². The van der Waals surface area contributed by atoms with Crippen molar-refractivity contribution in [2.75, 3.05) is 5.32 Å². The molecule has 0 bridgehead atoms. The van der Waals surface area contributed by atoms with E-state index in [2.05, 4.69) is 29.5 Å². The molecule has 0 aliphatic rings. The highest BCUT2D eigenvalue weighted by molar-refractivity contribution is 6.04. The van der Waals surface area contributed by atoms with Crippen molar-refractivity contribution in [1.29, 1.82) is 0 Å². The Labute approximate surface area is 135 Å². The maximum absolute atomic E-state index is 12.2. The van der Waals surface area contributed by atoms with Gasteiger partial charge in [0.15, 0.2) is 0 Å². The number of carbonyl (C=O) groups excluding carboxylic acids is 1. The number of anilines is 1. The third-order valence-electron chi connectivity index (χ3n) is 3.55. The molecule has 0 saturated heterocycles. The van der Waals surface area contributed by atoms with Crippen LogP contribution in [0.3, 0.4) is 0 Å². The van der Waals surface area contributed by atoms with E-state index in [4.69, 9.17) is 0 Å². The number of nitrogens with one attached hydrogen (secondary N) is 1. The summed E-state index contributed by atoms with van der Waals surface area (Å²) in [6.07, 6.45) is 1.76. The molecule has 116 valence electrons. The lowest BCUT2D eigenvalue weighted by Gasteiger charge is -2.11. The van der Waals surface area contributed by atoms with Crippen LogP contribution in [0, 0.1) is 0 Å². The normalized spacial score (nSPS) is 10.7. The minimum absolute atomic E-state index is 0.134. The van der Waals surface area contributed by atoms with Crippen molar-refractivity contribution in [2.24, 2.45) is 0 Å². The zero-order valence-electron chi connectivity index (χ0n) is 13.1. The van der Waals surface area contributed by atoms with Crippen LogP contribution in [0.15, 0.2) is 60.8 Å². The first-order valence-corrected chi connectivity index (χ1v) is 7.52. The number of rotatable bonds is 4. The number of hydrogen-bond acceptors (Lipinski definition) is 3. The molecule has 0 aliphatic carbocycles. The van der Waals surface area contributed by atoms with E-state index in [-0.39, 0.29) is 5.91 Å². The first-order chi connectivity index (χ1) is 11.1. The van der Waals surface area contributed by atoms with Crippen LogP contribution in [0.2, 0.25) is 0 Å². The maximum atomic E-state index is 12.2. The van der Waals surface area contributed by atoms with E-state index < -0.39 is 0 Å². The van der Waals surface area contributed by atoms with Crippen LogP contribution in [-0.2, 0) is 0 Å². The zero-order valence-corrected chi connectivity index (χ0v) is 13.1. The highest BCUT2D eigenvalue weighted by Crippen LogP contribution is 2.20. The fourth-order valence-corrected chi connectivity index (χ4v) is 2.35. The van der Waals surface area contributed by atoms with E-state index in [1.165, 1.54) is 0 Å². The van der Waals surface area contributed by atoms with Crippen LogP contribution in [0.25, 0.3) is 5.69 Å². The summed E-state index contributed by atoms with van der Waals surface area (Å²) >= 11 is 0. The molecule has 1 aromatic heterocycles. The largest absolute Gasteiger partial charge is 0.322 e. The number of amides is 1. The highest BCUT2D eigenvalue weighted by Gasteiger charge is 2.11. The molecule has 0 aliphatic heterocycles. The van der Waals surface area contributed by atoms with Gasteiger partial charge in [-0.15, -0.1) is 5.10 Å². The molecule has 3 rings (SSSR count). The minimum Gasteiger partial charge on any atom is -0.322 e. The van der Waals surface area contributed by atoms with Crippen LogP contribution >= 0.6 is 0 Å². The summed E-state index contributed by atoms with van der Waals surface area (Å²) in [5.74, 6) is 0.179. The first-order valence-electron chi connectivity index (χ1n) is 7.52. The van der Waals surface area contributed by atoms with E-state index in [1.54, 1.807) is 23.0 Å². The second kappa shape index (κ2) is 6.44. The summed E-state index contributed by atoms with van der Waals surface area (Å²) in [6.45, 7) is 4.19. The quantitative estimate of drug-likeness (QED) is 0.800. The van der Waals surface area contributed by atoms with Gasteiger partial charge in [0.25, 0.3) is 5.91 Å². The van der Waals surface area contributed by atoms with Crippen LogP contribution in [0.4, 0.5) is 5.69 Å². The van der Waals surface area contributed by atoms with Crippen LogP contribution in [0.5, 0.6) is 0 Å². The number of aromatic nitrogens is 3. The molecular formula is C18H18N4O. The van der Waals surface area contributed by atoms with Gasteiger partial charge >= 0.3 is 0 Å². The second-order valence-electron chi connectivity index (χ2n) is 5.60. The van der Waals surface area contributed by atoms with Gasteiger partial charge in [-0.05, 0) is 36.2 Å². The van der Waals surface area contributed by atoms with Crippen molar-refractivity contribution in [1.82, 2.24) is 15.0 Å². The molecule has 0 unspecified atom stereocenters. The number of benzene rings is 2. The molecule has 0 radical (unpaired) electrons. The molecular weight excluding hydrogens is 288 g/mol. The Morgan fingerprint density at radius 3 is 2.61 bits per heavy atom. The fourth-order valence-electron chi connectivity index (χ4n) is 2.35. The lowest BCUT2D eigenvalue weighted by atomic mass is 10.1. The van der Waals surface area contributed by atoms with Gasteiger partial charge in [0.1, 0.15) is 0 Å². The predicted octanol–water partition coefficient (Wildman–Crippen LogP) is 3.64. The molecule has 0 spiro atoms. The number of hydrogen-bond donors (Lipinski definition) is 1. The summed E-state index contributed by atoms with van der Waals surface area (Å²) < 4.78 is 1.79. The summed E-state index contributed by atoms with van der Waals surface area (Å²) in [5.41, 5.74) is 3.25. The van der Waals surface area contributed by atoms with Gasteiger partial charge in [-0.3, -0.25) is 4.79 Å². The Hall–Kier alpha value is -2.95. The van der Waals surface area contributed by atoms with E-state index in [0.717, 1.165) is 17.1 Å². The second-order valence-corrected chi connectivity index (χ2v) is 5.60. The van der Waals surface area contributed by atoms with E-state index in [0.29, 0.717) is 11.5 Å². The standard InChI is InChI=1S/C18H18N4O/c1-13(2)17-12-19-21-22(17)16-10-6-9-15(11-16)20-18(23)14-7-4-3-5-8-14/h3-13H,1-2H3,(H,20,23). The summed E-state index contributed by atoms with van der Waals surface area (Å²) in [4.78, 5) is 12.2. The fraction of sp³-hybridized carbons (Fsp3) is 0.167. The van der Waals surface area contributed by atoms with Crippen LogP contribution in [0.1, 0.15) is 35.8 Å². The lowest BCUT2D eigenvalue weighted by molar-refractivity contribution is 0.102. The molecule has 0 fully saturated rings. The molecule has 2 aromatic carbocycles. The smallest absolute Gasteiger partial charge is 0.255 e. The SMILES string of the molecule is CC(C)c1cnnn1-c1cccc(NC(=O)c2ccccc2)c1. The first kappa shape index (κ1) is 15.0. The monoisotopic (exact) mass is 306 g/mol. The summed E-state index contributed by atoms with van der Waals surface area (Å²) in [6, 6.07) is 16.7. The van der Waals surface area contributed by atoms with Crippen LogP contribution < -0.4 is 5.32 Å². The average molecular weight is 306 g/mol. The van der Waals surface area contributed by atoms with Crippen molar-refractivity contribution >= 4 is 11.6 Å². The van der Waals surface area contributed by atoms with Gasteiger partial charge in [0.05, 0.1) is 17.6 Å². The average Bonchev–Trinajstić information content (AvgIpc) is 3.06. The Balaban J connectivity index is 1.86. The molecule has 1 heterocycles. The minimum atomic E-state index is -0.134. The van der Waals surface area contributed by atoms with E-state index in [9.17, 15) is 4.79 Å². The molecule has 5 nitrogen and oxygen atoms in total. The van der Waals surface area contributed by atoms with E-state index >= 15 is 0 Å². The lowest BCUT2D eigenvalue weighted by Crippen LogP contribution is -2.12. The van der Waals surface area contributed by atoms with Gasteiger partial charge in [-0.25, -0.2) is 4.68 Å². The van der Waals surface area contributed by atoms with Gasteiger partial charge < -0.3 is 5.32 Å². The van der Waals surface area contributed by atoms with Crippen molar-refractivity contribution in [3.63, 3.8) is 0 Å². The van der Waals surface area contributed by atoms with Gasteiger partial charge in [-0.1, -0.05) is 43.3 Å². The van der Waals surface area contributed by atoms with Gasteiger partial charge in [0, 0.05) is 11.3 Å². The van der Waals surface area contributed by atoms with Crippen molar-refractivity contribution in [3.8, 4) is 5.69 Å². The Bertz CT molecular complexity index is 809. The zero-order chi connectivity index (χ0) is 16.2. The molecule has 5 heteroatoms. The van der Waals surface area contributed by atoms with Crippen molar-refractivity contribution in [3.05, 3.63) is 72.1 Å². The summed E-state index contributed by atoms with van der Waals surface area (Å²) in [5, 5.41) is 11.0. The predicted molar refractivity (Wildman–Crippen MR) is 89.8 cm³/mol. The Morgan fingerprint density at radius 1 is 1.09 bits per heavy atom. The Morgan fingerprint density at radius 2 is 1.87 bits per heavy atom. The maximum Gasteiger partial charge on any atom is 0.255 e. The van der Waals surface area contributed by atoms with E-state index in [1.807, 2.05) is 42.5 Å². The topological polar surface area (TPSA) is 59.8 Å². The van der Waals surface area contributed by atoms with Crippen molar-refractivity contribution < 1.29 is 4.79 Å². The van der Waals surface area contributed by atoms with Gasteiger partial charge in [-0.2, -0.15) is 0 Å². The molecule has 23 heavy (non-hydrogen) atoms. The number of carbonyl (C=O) groups is 1. The van der Waals surface area contributed by atoms with Crippen LogP contribution in [-0.4, -0.2) is 20.9 Å². The molecule has 0 saturated carbocycles. The molecule has 1 amide bonds. The Kier molecular flexibility index (Phi) is 4.19. The van der Waals surface area contributed by atoms with Crippen molar-refractivity contribution in [2.45, 2.75) is 19.8 Å².